The lowest BCUT2D eigenvalue weighted by atomic mass is 10.0. The molecule has 0 saturated carbocycles. The zero-order valence-electron chi connectivity index (χ0n) is 20.3. The summed E-state index contributed by atoms with van der Waals surface area (Å²) in [5.74, 6) is 2.36. The number of hydrogen-bond acceptors (Lipinski definition) is 4. The molecule has 4 rings (SSSR count). The quantitative estimate of drug-likeness (QED) is 0.442. The lowest BCUT2D eigenvalue weighted by molar-refractivity contribution is -0.132. The SMILES string of the molecule is CCc1nc(-c2ccccc2)nc(N2CCN(C(=O)CC(C)C)CC2)c1Cc1ccc(Cl)cc1. The molecule has 1 amide bonds. The number of carbonyl (C=O) groups is 1. The van der Waals surface area contributed by atoms with E-state index in [1.807, 2.05) is 35.2 Å². The number of nitrogens with zero attached hydrogens (tertiary/aromatic N) is 4. The van der Waals surface area contributed by atoms with Gasteiger partial charge in [-0.3, -0.25) is 4.79 Å². The molecule has 0 aliphatic carbocycles. The normalized spacial score (nSPS) is 14.0. The minimum absolute atomic E-state index is 0.248. The Balaban J connectivity index is 1.68. The van der Waals surface area contributed by atoms with Gasteiger partial charge in [-0.25, -0.2) is 9.97 Å². The largest absolute Gasteiger partial charge is 0.353 e. The molecule has 0 atom stereocenters. The molecule has 34 heavy (non-hydrogen) atoms. The fourth-order valence-electron chi connectivity index (χ4n) is 4.42. The number of aryl methyl sites for hydroxylation is 1. The maximum atomic E-state index is 12.6. The summed E-state index contributed by atoms with van der Waals surface area (Å²) < 4.78 is 0. The van der Waals surface area contributed by atoms with Gasteiger partial charge in [0.05, 0.1) is 0 Å². The van der Waals surface area contributed by atoms with Crippen molar-refractivity contribution in [1.29, 1.82) is 0 Å². The number of halogens is 1. The molecular weight excluding hydrogens is 444 g/mol. The van der Waals surface area contributed by atoms with Crippen LogP contribution in [-0.2, 0) is 17.6 Å². The summed E-state index contributed by atoms with van der Waals surface area (Å²) in [4.78, 5) is 27.0. The molecule has 1 fully saturated rings. The fraction of sp³-hybridized carbons (Fsp3) is 0.393. The van der Waals surface area contributed by atoms with E-state index in [1.165, 1.54) is 5.56 Å². The van der Waals surface area contributed by atoms with Crippen LogP contribution < -0.4 is 4.90 Å². The Bertz CT molecular complexity index is 1110. The minimum Gasteiger partial charge on any atom is -0.353 e. The molecule has 6 heteroatoms. The molecule has 1 aliphatic rings. The smallest absolute Gasteiger partial charge is 0.222 e. The van der Waals surface area contributed by atoms with Gasteiger partial charge in [0.2, 0.25) is 5.91 Å². The van der Waals surface area contributed by atoms with Crippen LogP contribution in [0.5, 0.6) is 0 Å². The Kier molecular flexibility index (Phi) is 7.84. The molecule has 0 spiro atoms. The molecule has 2 heterocycles. The van der Waals surface area contributed by atoms with Crippen LogP contribution in [-0.4, -0.2) is 47.0 Å². The predicted octanol–water partition coefficient (Wildman–Crippen LogP) is 5.64. The monoisotopic (exact) mass is 476 g/mol. The molecule has 1 saturated heterocycles. The van der Waals surface area contributed by atoms with Crippen molar-refractivity contribution in [3.63, 3.8) is 0 Å². The first-order chi connectivity index (χ1) is 16.4. The zero-order valence-corrected chi connectivity index (χ0v) is 21.1. The zero-order chi connectivity index (χ0) is 24.1. The third-order valence-electron chi connectivity index (χ3n) is 6.25. The second-order valence-corrected chi connectivity index (χ2v) is 9.72. The van der Waals surface area contributed by atoms with Gasteiger partial charge in [0.1, 0.15) is 5.82 Å². The minimum atomic E-state index is 0.248. The molecule has 1 aromatic heterocycles. The van der Waals surface area contributed by atoms with Crippen LogP contribution in [0.4, 0.5) is 5.82 Å². The lowest BCUT2D eigenvalue weighted by Crippen LogP contribution is -2.49. The Morgan fingerprint density at radius 3 is 2.26 bits per heavy atom. The molecule has 0 N–H and O–H groups in total. The Labute approximate surface area is 207 Å². The molecule has 0 unspecified atom stereocenters. The van der Waals surface area contributed by atoms with Gasteiger partial charge in [-0.15, -0.1) is 0 Å². The van der Waals surface area contributed by atoms with Crippen LogP contribution in [0.15, 0.2) is 54.6 Å². The first-order valence-electron chi connectivity index (χ1n) is 12.2. The highest BCUT2D eigenvalue weighted by molar-refractivity contribution is 6.30. The molecule has 1 aliphatic heterocycles. The molecule has 2 aromatic carbocycles. The van der Waals surface area contributed by atoms with Crippen LogP contribution in [0.2, 0.25) is 5.02 Å². The van der Waals surface area contributed by atoms with Gasteiger partial charge in [0, 0.05) is 60.9 Å². The number of benzene rings is 2. The van der Waals surface area contributed by atoms with Gasteiger partial charge in [0.15, 0.2) is 5.82 Å². The Morgan fingerprint density at radius 2 is 1.65 bits per heavy atom. The number of anilines is 1. The van der Waals surface area contributed by atoms with Crippen LogP contribution in [0.1, 0.15) is 44.0 Å². The lowest BCUT2D eigenvalue weighted by Gasteiger charge is -2.37. The van der Waals surface area contributed by atoms with E-state index in [-0.39, 0.29) is 5.91 Å². The highest BCUT2D eigenvalue weighted by atomic mass is 35.5. The molecule has 0 radical (unpaired) electrons. The molecule has 178 valence electrons. The number of amides is 1. The summed E-state index contributed by atoms with van der Waals surface area (Å²) in [5.41, 5.74) is 4.42. The fourth-order valence-corrected chi connectivity index (χ4v) is 4.55. The Hall–Kier alpha value is -2.92. The second-order valence-electron chi connectivity index (χ2n) is 9.28. The number of carbonyl (C=O) groups excluding carboxylic acids is 1. The Morgan fingerprint density at radius 1 is 0.971 bits per heavy atom. The van der Waals surface area contributed by atoms with E-state index in [0.717, 1.165) is 72.5 Å². The molecule has 5 nitrogen and oxygen atoms in total. The molecule has 0 bridgehead atoms. The van der Waals surface area contributed by atoms with Crippen molar-refractivity contribution in [3.05, 3.63) is 76.4 Å². The second kappa shape index (κ2) is 11.0. The van der Waals surface area contributed by atoms with E-state index >= 15 is 0 Å². The first kappa shape index (κ1) is 24.2. The highest BCUT2D eigenvalue weighted by Crippen LogP contribution is 2.29. The van der Waals surface area contributed by atoms with Crippen molar-refractivity contribution in [2.45, 2.75) is 40.0 Å². The van der Waals surface area contributed by atoms with Gasteiger partial charge in [-0.05, 0) is 30.0 Å². The number of rotatable bonds is 7. The third-order valence-corrected chi connectivity index (χ3v) is 6.50. The van der Waals surface area contributed by atoms with Crippen molar-refractivity contribution in [2.24, 2.45) is 5.92 Å². The van der Waals surface area contributed by atoms with Crippen LogP contribution in [0, 0.1) is 5.92 Å². The number of piperazine rings is 1. The summed E-state index contributed by atoms with van der Waals surface area (Å²) in [6.45, 7) is 9.31. The van der Waals surface area contributed by atoms with Crippen molar-refractivity contribution < 1.29 is 4.79 Å². The van der Waals surface area contributed by atoms with Gasteiger partial charge in [-0.2, -0.15) is 0 Å². The van der Waals surface area contributed by atoms with Crippen molar-refractivity contribution in [1.82, 2.24) is 14.9 Å². The van der Waals surface area contributed by atoms with Crippen LogP contribution >= 0.6 is 11.6 Å². The maximum Gasteiger partial charge on any atom is 0.222 e. The van der Waals surface area contributed by atoms with Crippen molar-refractivity contribution >= 4 is 23.3 Å². The van der Waals surface area contributed by atoms with Crippen LogP contribution in [0.3, 0.4) is 0 Å². The number of aromatic nitrogens is 2. The summed E-state index contributed by atoms with van der Waals surface area (Å²) in [6.07, 6.45) is 2.18. The molecule has 3 aromatic rings. The summed E-state index contributed by atoms with van der Waals surface area (Å²) >= 11 is 6.12. The van der Waals surface area contributed by atoms with Gasteiger partial charge < -0.3 is 9.80 Å². The third kappa shape index (κ3) is 5.76. The van der Waals surface area contributed by atoms with Crippen molar-refractivity contribution in [3.8, 4) is 11.4 Å². The van der Waals surface area contributed by atoms with Gasteiger partial charge in [0.25, 0.3) is 0 Å². The highest BCUT2D eigenvalue weighted by Gasteiger charge is 2.26. The van der Waals surface area contributed by atoms with E-state index in [4.69, 9.17) is 21.6 Å². The van der Waals surface area contributed by atoms with Crippen LogP contribution in [0.25, 0.3) is 11.4 Å². The van der Waals surface area contributed by atoms with E-state index in [9.17, 15) is 4.79 Å². The first-order valence-corrected chi connectivity index (χ1v) is 12.5. The average molecular weight is 477 g/mol. The standard InChI is InChI=1S/C28H33ClN4O/c1-4-25-24(19-21-10-12-23(29)13-11-21)28(31-27(30-25)22-8-6-5-7-9-22)33-16-14-32(15-17-33)26(34)18-20(2)3/h5-13,20H,4,14-19H2,1-3H3. The summed E-state index contributed by atoms with van der Waals surface area (Å²) in [5, 5.41) is 0.734. The van der Waals surface area contributed by atoms with E-state index in [1.54, 1.807) is 0 Å². The summed E-state index contributed by atoms with van der Waals surface area (Å²) in [7, 11) is 0. The average Bonchev–Trinajstić information content (AvgIpc) is 2.85. The topological polar surface area (TPSA) is 49.3 Å². The van der Waals surface area contributed by atoms with E-state index < -0.39 is 0 Å². The number of hydrogen-bond donors (Lipinski definition) is 0. The van der Waals surface area contributed by atoms with E-state index in [0.29, 0.717) is 12.3 Å². The predicted molar refractivity (Wildman–Crippen MR) is 139 cm³/mol. The maximum absolute atomic E-state index is 12.6. The van der Waals surface area contributed by atoms with Crippen molar-refractivity contribution in [2.75, 3.05) is 31.1 Å². The molecular formula is C28H33ClN4O. The van der Waals surface area contributed by atoms with E-state index in [2.05, 4.69) is 49.9 Å². The van der Waals surface area contributed by atoms with Gasteiger partial charge in [-0.1, -0.05) is 74.8 Å². The van der Waals surface area contributed by atoms with Gasteiger partial charge >= 0.3 is 0 Å². The summed E-state index contributed by atoms with van der Waals surface area (Å²) in [6, 6.07) is 18.2.